The lowest BCUT2D eigenvalue weighted by Crippen LogP contribution is -2.15. The summed E-state index contributed by atoms with van der Waals surface area (Å²) in [5.74, 6) is -2.54. The predicted octanol–water partition coefficient (Wildman–Crippen LogP) is 0.315. The number of carbonyl (C=O) groups excluding carboxylic acids is 1. The number of hydrogen-bond acceptors (Lipinski definition) is 6. The lowest BCUT2D eigenvalue weighted by atomic mass is 10.5. The molecule has 1 N–H and O–H groups in total. The molecule has 0 aliphatic heterocycles. The van der Waals surface area contributed by atoms with Crippen LogP contribution in [0.2, 0.25) is 0 Å². The highest BCUT2D eigenvalue weighted by Crippen LogP contribution is 2.11. The van der Waals surface area contributed by atoms with Gasteiger partial charge in [0.25, 0.3) is 5.88 Å². The molecule has 15 heavy (non-hydrogen) atoms. The molecule has 0 aliphatic rings. The third-order valence-electron chi connectivity index (χ3n) is 1.34. The van der Waals surface area contributed by atoms with Crippen molar-refractivity contribution in [2.24, 2.45) is 0 Å². The Balaban J connectivity index is 2.50. The molecule has 0 atom stereocenters. The van der Waals surface area contributed by atoms with E-state index in [9.17, 15) is 9.59 Å². The van der Waals surface area contributed by atoms with Crippen LogP contribution in [0.1, 0.15) is 17.5 Å². The van der Waals surface area contributed by atoms with Gasteiger partial charge in [0.1, 0.15) is 6.61 Å². The van der Waals surface area contributed by atoms with E-state index in [1.165, 1.54) is 0 Å². The molecule has 7 heteroatoms. The second kappa shape index (κ2) is 5.11. The quantitative estimate of drug-likeness (QED) is 0.705. The Labute approximate surface area is 84.6 Å². The molecule has 0 bridgehead atoms. The number of carboxylic acid groups (broad SMARTS) is 1. The lowest BCUT2D eigenvalue weighted by molar-refractivity contribution is -0.139. The zero-order valence-corrected chi connectivity index (χ0v) is 7.93. The zero-order chi connectivity index (χ0) is 11.3. The Kier molecular flexibility index (Phi) is 3.81. The summed E-state index contributed by atoms with van der Waals surface area (Å²) in [6.45, 7) is 1.89. The van der Waals surface area contributed by atoms with Crippen molar-refractivity contribution in [2.45, 2.75) is 6.92 Å². The molecular formula is C8H9NO6. The standard InChI is InChI=1S/C8H9NO6/c1-2-13-4-7(10)14-6-3-5(8(11)12)15-9-6/h3H,2,4H2,1H3,(H,11,12). The number of aromatic carboxylic acids is 1. The van der Waals surface area contributed by atoms with E-state index in [0.717, 1.165) is 6.07 Å². The number of nitrogens with zero attached hydrogens (tertiary/aromatic N) is 1. The topological polar surface area (TPSA) is 98.9 Å². The highest BCUT2D eigenvalue weighted by molar-refractivity contribution is 5.84. The summed E-state index contributed by atoms with van der Waals surface area (Å²) < 4.78 is 13.8. The van der Waals surface area contributed by atoms with Gasteiger partial charge in [-0.25, -0.2) is 9.59 Å². The maximum absolute atomic E-state index is 11.0. The lowest BCUT2D eigenvalue weighted by Gasteiger charge is -1.98. The van der Waals surface area contributed by atoms with Crippen molar-refractivity contribution in [2.75, 3.05) is 13.2 Å². The fourth-order valence-electron chi connectivity index (χ4n) is 0.739. The van der Waals surface area contributed by atoms with Gasteiger partial charge in [0.2, 0.25) is 5.76 Å². The van der Waals surface area contributed by atoms with Gasteiger partial charge in [-0.15, -0.1) is 0 Å². The molecule has 1 rings (SSSR count). The first-order valence-electron chi connectivity index (χ1n) is 4.12. The van der Waals surface area contributed by atoms with Crippen LogP contribution in [0, 0.1) is 0 Å². The number of hydrogen-bond donors (Lipinski definition) is 1. The van der Waals surface area contributed by atoms with Gasteiger partial charge in [-0.3, -0.25) is 0 Å². The first-order valence-corrected chi connectivity index (χ1v) is 4.12. The van der Waals surface area contributed by atoms with Crippen LogP contribution in [0.5, 0.6) is 5.88 Å². The van der Waals surface area contributed by atoms with E-state index in [4.69, 9.17) is 9.84 Å². The molecule has 7 nitrogen and oxygen atoms in total. The Morgan fingerprint density at radius 2 is 2.33 bits per heavy atom. The van der Waals surface area contributed by atoms with Crippen LogP contribution in [0.4, 0.5) is 0 Å². The largest absolute Gasteiger partial charge is 0.475 e. The number of rotatable bonds is 5. The molecule has 0 aromatic carbocycles. The van der Waals surface area contributed by atoms with Gasteiger partial charge in [0.05, 0.1) is 6.07 Å². The second-order valence-electron chi connectivity index (χ2n) is 2.45. The van der Waals surface area contributed by atoms with Crippen molar-refractivity contribution in [3.8, 4) is 5.88 Å². The van der Waals surface area contributed by atoms with Crippen molar-refractivity contribution < 1.29 is 28.7 Å². The summed E-state index contributed by atoms with van der Waals surface area (Å²) in [5, 5.41) is 11.7. The highest BCUT2D eigenvalue weighted by atomic mass is 16.6. The summed E-state index contributed by atoms with van der Waals surface area (Å²) in [6.07, 6.45) is 0. The zero-order valence-electron chi connectivity index (χ0n) is 7.93. The summed E-state index contributed by atoms with van der Waals surface area (Å²) in [5.41, 5.74) is 0. The van der Waals surface area contributed by atoms with Crippen LogP contribution in [0.25, 0.3) is 0 Å². The second-order valence-corrected chi connectivity index (χ2v) is 2.45. The SMILES string of the molecule is CCOCC(=O)Oc1cc(C(=O)O)on1. The molecule has 0 saturated carbocycles. The first-order chi connectivity index (χ1) is 7.13. The third-order valence-corrected chi connectivity index (χ3v) is 1.34. The first kappa shape index (κ1) is 11.2. The minimum Gasteiger partial charge on any atom is -0.475 e. The van der Waals surface area contributed by atoms with E-state index in [0.29, 0.717) is 6.61 Å². The summed E-state index contributed by atoms with van der Waals surface area (Å²) in [7, 11) is 0. The van der Waals surface area contributed by atoms with E-state index in [1.54, 1.807) is 6.92 Å². The fraction of sp³-hybridized carbons (Fsp3) is 0.375. The minimum absolute atomic E-state index is 0.197. The van der Waals surface area contributed by atoms with Crippen molar-refractivity contribution in [3.63, 3.8) is 0 Å². The van der Waals surface area contributed by atoms with Gasteiger partial charge >= 0.3 is 11.9 Å². The Hall–Kier alpha value is -1.89. The van der Waals surface area contributed by atoms with E-state index in [-0.39, 0.29) is 12.5 Å². The van der Waals surface area contributed by atoms with Gasteiger partial charge in [0.15, 0.2) is 0 Å². The predicted molar refractivity (Wildman–Crippen MR) is 45.6 cm³/mol. The summed E-state index contributed by atoms with van der Waals surface area (Å²) in [4.78, 5) is 21.3. The van der Waals surface area contributed by atoms with Crippen molar-refractivity contribution in [3.05, 3.63) is 11.8 Å². The molecule has 0 aliphatic carbocycles. The molecular weight excluding hydrogens is 206 g/mol. The molecule has 82 valence electrons. The van der Waals surface area contributed by atoms with Gasteiger partial charge in [-0.1, -0.05) is 0 Å². The number of carbonyl (C=O) groups is 2. The molecule has 0 amide bonds. The molecule has 0 radical (unpaired) electrons. The van der Waals surface area contributed by atoms with Gasteiger partial charge in [0, 0.05) is 6.61 Å². The fourth-order valence-corrected chi connectivity index (χ4v) is 0.739. The summed E-state index contributed by atoms with van der Waals surface area (Å²) >= 11 is 0. The van der Waals surface area contributed by atoms with Crippen LogP contribution in [-0.4, -0.2) is 35.4 Å². The normalized spacial score (nSPS) is 9.93. The Bertz CT molecular complexity index is 358. The monoisotopic (exact) mass is 215 g/mol. The summed E-state index contributed by atoms with van der Waals surface area (Å²) in [6, 6.07) is 1.01. The Morgan fingerprint density at radius 3 is 2.87 bits per heavy atom. The van der Waals surface area contributed by atoms with Crippen LogP contribution >= 0.6 is 0 Å². The molecule has 0 unspecified atom stereocenters. The van der Waals surface area contributed by atoms with Gasteiger partial charge < -0.3 is 19.1 Å². The van der Waals surface area contributed by atoms with Crippen LogP contribution in [0.3, 0.4) is 0 Å². The maximum atomic E-state index is 11.0. The van der Waals surface area contributed by atoms with Crippen LogP contribution < -0.4 is 4.74 Å². The molecule has 0 saturated heterocycles. The van der Waals surface area contributed by atoms with E-state index >= 15 is 0 Å². The van der Waals surface area contributed by atoms with E-state index in [2.05, 4.69) is 14.4 Å². The average molecular weight is 215 g/mol. The molecule has 1 aromatic rings. The van der Waals surface area contributed by atoms with Crippen LogP contribution in [0.15, 0.2) is 10.6 Å². The van der Waals surface area contributed by atoms with Crippen molar-refractivity contribution >= 4 is 11.9 Å². The maximum Gasteiger partial charge on any atom is 0.374 e. The average Bonchev–Trinajstić information content (AvgIpc) is 2.63. The van der Waals surface area contributed by atoms with Gasteiger partial charge in [-0.05, 0) is 12.1 Å². The minimum atomic E-state index is -1.28. The molecule has 0 fully saturated rings. The molecule has 0 spiro atoms. The number of ether oxygens (including phenoxy) is 2. The van der Waals surface area contributed by atoms with Crippen LogP contribution in [-0.2, 0) is 9.53 Å². The van der Waals surface area contributed by atoms with Crippen molar-refractivity contribution in [1.82, 2.24) is 5.16 Å². The highest BCUT2D eigenvalue weighted by Gasteiger charge is 2.14. The van der Waals surface area contributed by atoms with Gasteiger partial charge in [-0.2, -0.15) is 0 Å². The van der Waals surface area contributed by atoms with Crippen molar-refractivity contribution in [1.29, 1.82) is 0 Å². The van der Waals surface area contributed by atoms with E-state index in [1.807, 2.05) is 0 Å². The third kappa shape index (κ3) is 3.39. The number of aromatic nitrogens is 1. The smallest absolute Gasteiger partial charge is 0.374 e. The number of carboxylic acids is 1. The van der Waals surface area contributed by atoms with E-state index < -0.39 is 17.7 Å². The Morgan fingerprint density at radius 1 is 1.60 bits per heavy atom. The number of esters is 1. The molecule has 1 aromatic heterocycles. The molecule has 1 heterocycles.